The van der Waals surface area contributed by atoms with Crippen LogP contribution in [0.5, 0.6) is 0 Å². The largest absolute Gasteiger partial charge is 0.236 e. The van der Waals surface area contributed by atoms with Gasteiger partial charge in [-0.2, -0.15) is 0 Å². The summed E-state index contributed by atoms with van der Waals surface area (Å²) in [6.45, 7) is 0. The first kappa shape index (κ1) is 7.95. The Balaban J connectivity index is 2.86. The van der Waals surface area contributed by atoms with E-state index in [0.29, 0.717) is 5.02 Å². The second-order valence-electron chi connectivity index (χ2n) is 2.33. The molecule has 4 heteroatoms. The summed E-state index contributed by atoms with van der Waals surface area (Å²) in [5, 5.41) is 1.66. The highest BCUT2D eigenvalue weighted by Crippen LogP contribution is 2.22. The Labute approximate surface area is 82.7 Å². The Morgan fingerprint density at radius 2 is 2.08 bits per heavy atom. The third-order valence-electron chi connectivity index (χ3n) is 1.55. The molecular weight excluding hydrogens is 239 g/mol. The average molecular weight is 243 g/mol. The van der Waals surface area contributed by atoms with E-state index in [1.165, 1.54) is 6.33 Å². The summed E-state index contributed by atoms with van der Waals surface area (Å²) < 4.78 is 0.796. The predicted octanol–water partition coefficient (Wildman–Crippen LogP) is 3.05. The first-order valence-electron chi connectivity index (χ1n) is 3.33. The molecule has 0 saturated heterocycles. The van der Waals surface area contributed by atoms with Crippen LogP contribution in [-0.2, 0) is 0 Å². The van der Waals surface area contributed by atoms with Crippen molar-refractivity contribution in [2.24, 2.45) is 0 Å². The van der Waals surface area contributed by atoms with Crippen molar-refractivity contribution in [1.29, 1.82) is 0 Å². The molecule has 0 N–H and O–H groups in total. The summed E-state index contributed by atoms with van der Waals surface area (Å²) >= 11 is 9.12. The van der Waals surface area contributed by atoms with E-state index in [0.717, 1.165) is 15.5 Å². The zero-order chi connectivity index (χ0) is 8.55. The second-order valence-corrected chi connectivity index (χ2v) is 3.51. The monoisotopic (exact) mass is 242 g/mol. The van der Waals surface area contributed by atoms with Crippen molar-refractivity contribution >= 4 is 38.4 Å². The van der Waals surface area contributed by atoms with Gasteiger partial charge in [0, 0.05) is 10.4 Å². The highest BCUT2D eigenvalue weighted by atomic mass is 79.9. The van der Waals surface area contributed by atoms with Gasteiger partial charge in [-0.1, -0.05) is 11.6 Å². The Kier molecular flexibility index (Phi) is 1.98. The van der Waals surface area contributed by atoms with Crippen LogP contribution in [0, 0.1) is 0 Å². The highest BCUT2D eigenvalue weighted by molar-refractivity contribution is 9.10. The van der Waals surface area contributed by atoms with Gasteiger partial charge in [-0.15, -0.1) is 0 Å². The van der Waals surface area contributed by atoms with E-state index in [1.807, 2.05) is 18.2 Å². The number of hydrogen-bond acceptors (Lipinski definition) is 2. The number of nitrogens with zero attached hydrogens (tertiary/aromatic N) is 2. The molecule has 2 rings (SSSR count). The predicted molar refractivity (Wildman–Crippen MR) is 52.2 cm³/mol. The zero-order valence-electron chi connectivity index (χ0n) is 5.96. The van der Waals surface area contributed by atoms with Crippen LogP contribution in [0.25, 0.3) is 10.9 Å². The third kappa shape index (κ3) is 1.30. The summed E-state index contributed by atoms with van der Waals surface area (Å²) in [6.07, 6.45) is 1.50. The van der Waals surface area contributed by atoms with E-state index >= 15 is 0 Å². The summed E-state index contributed by atoms with van der Waals surface area (Å²) in [5.74, 6) is 0. The fraction of sp³-hybridized carbons (Fsp3) is 0. The normalized spacial score (nSPS) is 10.5. The first-order valence-corrected chi connectivity index (χ1v) is 4.50. The molecule has 1 aromatic heterocycles. The molecule has 2 aromatic rings. The molecule has 12 heavy (non-hydrogen) atoms. The molecule has 0 saturated carbocycles. The number of fused-ring (bicyclic) bond motifs is 1. The van der Waals surface area contributed by atoms with Crippen LogP contribution in [0.4, 0.5) is 0 Å². The van der Waals surface area contributed by atoms with Crippen LogP contribution in [0.15, 0.2) is 29.1 Å². The Morgan fingerprint density at radius 1 is 1.25 bits per heavy atom. The van der Waals surface area contributed by atoms with Gasteiger partial charge < -0.3 is 0 Å². The summed E-state index contributed by atoms with van der Waals surface area (Å²) in [6, 6.07) is 5.52. The molecule has 0 bridgehead atoms. The molecule has 1 aromatic carbocycles. The number of hydrogen-bond donors (Lipinski definition) is 0. The summed E-state index contributed by atoms with van der Waals surface area (Å²) in [4.78, 5) is 8.08. The quantitative estimate of drug-likeness (QED) is 0.665. The molecule has 0 aliphatic heterocycles. The minimum Gasteiger partial charge on any atom is -0.236 e. The van der Waals surface area contributed by atoms with Gasteiger partial charge in [0.1, 0.15) is 10.9 Å². The van der Waals surface area contributed by atoms with Crippen LogP contribution in [0.2, 0.25) is 5.02 Å². The molecular formula is C8H4BrClN2. The van der Waals surface area contributed by atoms with Gasteiger partial charge in [0.2, 0.25) is 0 Å². The lowest BCUT2D eigenvalue weighted by Gasteiger charge is -1.97. The van der Waals surface area contributed by atoms with Gasteiger partial charge in [0.15, 0.2) is 0 Å². The van der Waals surface area contributed by atoms with Crippen LogP contribution >= 0.6 is 27.5 Å². The highest BCUT2D eigenvalue weighted by Gasteiger charge is 1.99. The van der Waals surface area contributed by atoms with Crippen molar-refractivity contribution < 1.29 is 0 Å². The van der Waals surface area contributed by atoms with Crippen molar-refractivity contribution in [3.8, 4) is 0 Å². The fourth-order valence-electron chi connectivity index (χ4n) is 0.997. The van der Waals surface area contributed by atoms with Crippen molar-refractivity contribution in [1.82, 2.24) is 9.97 Å². The third-order valence-corrected chi connectivity index (χ3v) is 2.42. The zero-order valence-corrected chi connectivity index (χ0v) is 8.30. The molecule has 0 aliphatic rings. The van der Waals surface area contributed by atoms with E-state index in [1.54, 1.807) is 0 Å². The van der Waals surface area contributed by atoms with E-state index in [9.17, 15) is 0 Å². The van der Waals surface area contributed by atoms with Crippen LogP contribution in [0.3, 0.4) is 0 Å². The van der Waals surface area contributed by atoms with Crippen molar-refractivity contribution in [2.75, 3.05) is 0 Å². The van der Waals surface area contributed by atoms with Crippen LogP contribution in [-0.4, -0.2) is 9.97 Å². The molecule has 0 amide bonds. The second kappa shape index (κ2) is 2.99. The van der Waals surface area contributed by atoms with Crippen LogP contribution in [0.1, 0.15) is 0 Å². The maximum atomic E-state index is 5.80. The first-order chi connectivity index (χ1) is 5.77. The van der Waals surface area contributed by atoms with Gasteiger partial charge in [0.05, 0.1) is 5.52 Å². The smallest absolute Gasteiger partial charge is 0.117 e. The maximum Gasteiger partial charge on any atom is 0.117 e. The molecule has 0 radical (unpaired) electrons. The van der Waals surface area contributed by atoms with E-state index in [2.05, 4.69) is 25.9 Å². The molecule has 0 unspecified atom stereocenters. The van der Waals surface area contributed by atoms with Gasteiger partial charge in [0.25, 0.3) is 0 Å². The lowest BCUT2D eigenvalue weighted by atomic mass is 10.2. The molecule has 0 aliphatic carbocycles. The lowest BCUT2D eigenvalue weighted by Crippen LogP contribution is -1.82. The van der Waals surface area contributed by atoms with Crippen LogP contribution < -0.4 is 0 Å². The van der Waals surface area contributed by atoms with Gasteiger partial charge >= 0.3 is 0 Å². The molecule has 0 atom stereocenters. The standard InChI is InChI=1S/C8H4BrClN2/c9-8-6-2-1-5(10)3-7(6)11-4-12-8/h1-4H. The number of rotatable bonds is 0. The van der Waals surface area contributed by atoms with E-state index in [-0.39, 0.29) is 0 Å². The topological polar surface area (TPSA) is 25.8 Å². The van der Waals surface area contributed by atoms with Crippen molar-refractivity contribution in [3.63, 3.8) is 0 Å². The molecule has 2 nitrogen and oxygen atoms in total. The SMILES string of the molecule is Clc1ccc2c(Br)ncnc2c1. The summed E-state index contributed by atoms with van der Waals surface area (Å²) in [7, 11) is 0. The van der Waals surface area contributed by atoms with Gasteiger partial charge in [-0.3, -0.25) is 0 Å². The molecule has 60 valence electrons. The molecule has 0 fully saturated rings. The average Bonchev–Trinajstić information content (AvgIpc) is 2.04. The lowest BCUT2D eigenvalue weighted by molar-refractivity contribution is 1.19. The van der Waals surface area contributed by atoms with E-state index < -0.39 is 0 Å². The van der Waals surface area contributed by atoms with E-state index in [4.69, 9.17) is 11.6 Å². The Morgan fingerprint density at radius 3 is 2.92 bits per heavy atom. The Hall–Kier alpha value is -0.670. The minimum atomic E-state index is 0.688. The number of aromatic nitrogens is 2. The van der Waals surface area contributed by atoms with Crippen molar-refractivity contribution in [2.45, 2.75) is 0 Å². The Bertz CT molecular complexity index is 430. The maximum absolute atomic E-state index is 5.80. The molecule has 1 heterocycles. The molecule has 0 spiro atoms. The number of halogens is 2. The number of benzene rings is 1. The van der Waals surface area contributed by atoms with Crippen molar-refractivity contribution in [3.05, 3.63) is 34.2 Å². The summed E-state index contributed by atoms with van der Waals surface area (Å²) in [5.41, 5.74) is 0.851. The minimum absolute atomic E-state index is 0.688. The van der Waals surface area contributed by atoms with Gasteiger partial charge in [-0.25, -0.2) is 9.97 Å². The van der Waals surface area contributed by atoms with Gasteiger partial charge in [-0.05, 0) is 34.1 Å². The fourth-order valence-corrected chi connectivity index (χ4v) is 1.59.